The summed E-state index contributed by atoms with van der Waals surface area (Å²) in [4.78, 5) is 2.48. The van der Waals surface area contributed by atoms with E-state index < -0.39 is 0 Å². The van der Waals surface area contributed by atoms with Gasteiger partial charge in [-0.25, -0.2) is 0 Å². The molecule has 17 heavy (non-hydrogen) atoms. The van der Waals surface area contributed by atoms with Gasteiger partial charge in [-0.3, -0.25) is 10.2 Å². The smallest absolute Gasteiger partial charge is 0.104 e. The van der Waals surface area contributed by atoms with Crippen molar-refractivity contribution in [3.8, 4) is 0 Å². The van der Waals surface area contributed by atoms with Gasteiger partial charge in [-0.15, -0.1) is 0 Å². The summed E-state index contributed by atoms with van der Waals surface area (Å²) in [5.74, 6) is 0. The second-order valence-electron chi connectivity index (χ2n) is 5.10. The molecular weight excluding hydrogens is 216 g/mol. The molecule has 0 spiro atoms. The first-order valence-electron chi connectivity index (χ1n) is 6.91. The van der Waals surface area contributed by atoms with Gasteiger partial charge in [-0.05, 0) is 46.2 Å². The summed E-state index contributed by atoms with van der Waals surface area (Å²) in [6.45, 7) is 10.4. The van der Waals surface area contributed by atoms with Gasteiger partial charge in [0.2, 0.25) is 0 Å². The Morgan fingerprint density at radius 1 is 1.29 bits per heavy atom. The number of ether oxygens (including phenoxy) is 1. The molecule has 3 atom stereocenters. The van der Waals surface area contributed by atoms with Crippen molar-refractivity contribution >= 4 is 0 Å². The van der Waals surface area contributed by atoms with Crippen LogP contribution in [0.3, 0.4) is 0 Å². The molecule has 0 aromatic heterocycles. The van der Waals surface area contributed by atoms with E-state index >= 15 is 0 Å². The number of aliphatic hydroxyl groups excluding tert-OH is 1. The average Bonchev–Trinajstić information content (AvgIpc) is 2.27. The fourth-order valence-electron chi connectivity index (χ4n) is 2.34. The van der Waals surface area contributed by atoms with Crippen LogP contribution >= 0.6 is 0 Å². The zero-order valence-corrected chi connectivity index (χ0v) is 11.5. The number of unbranched alkanes of at least 4 members (excludes halogenated alkanes) is 1. The summed E-state index contributed by atoms with van der Waals surface area (Å²) in [6.07, 6.45) is 3.47. The van der Waals surface area contributed by atoms with E-state index in [2.05, 4.69) is 24.1 Å². The van der Waals surface area contributed by atoms with Crippen molar-refractivity contribution in [3.05, 3.63) is 0 Å². The highest BCUT2D eigenvalue weighted by Crippen LogP contribution is 2.11. The maximum atomic E-state index is 9.34. The van der Waals surface area contributed by atoms with E-state index in [-0.39, 0.29) is 6.23 Å². The van der Waals surface area contributed by atoms with Crippen molar-refractivity contribution in [3.63, 3.8) is 0 Å². The molecule has 0 aromatic carbocycles. The summed E-state index contributed by atoms with van der Waals surface area (Å²) in [5.41, 5.74) is 0. The van der Waals surface area contributed by atoms with Gasteiger partial charge >= 0.3 is 0 Å². The first kappa shape index (κ1) is 14.9. The second-order valence-corrected chi connectivity index (χ2v) is 5.10. The van der Waals surface area contributed by atoms with Crippen LogP contribution in [0.1, 0.15) is 40.0 Å². The Labute approximate surface area is 105 Å². The lowest BCUT2D eigenvalue weighted by Gasteiger charge is -2.35. The minimum Gasteiger partial charge on any atom is -0.379 e. The van der Waals surface area contributed by atoms with Crippen molar-refractivity contribution in [2.24, 2.45) is 0 Å². The van der Waals surface area contributed by atoms with Crippen molar-refractivity contribution in [1.29, 1.82) is 0 Å². The predicted octanol–water partition coefficient (Wildman–Crippen LogP) is 1.19. The Balaban J connectivity index is 2.02. The zero-order chi connectivity index (χ0) is 12.7. The highest BCUT2D eigenvalue weighted by Gasteiger charge is 2.21. The lowest BCUT2D eigenvalue weighted by molar-refractivity contribution is -0.0681. The minimum atomic E-state index is -0.335. The van der Waals surface area contributed by atoms with Crippen LogP contribution < -0.4 is 5.32 Å². The molecule has 0 bridgehead atoms. The maximum Gasteiger partial charge on any atom is 0.104 e. The number of hydrogen-bond donors (Lipinski definition) is 2. The summed E-state index contributed by atoms with van der Waals surface area (Å²) in [5, 5.41) is 12.4. The standard InChI is InChI=1S/C13H28N2O2/c1-4-13(16)14-7-5-6-8-15-9-11(2)17-12(3)10-15/h11-14,16H,4-10H2,1-3H3/t11-,12+,13?. The molecule has 2 N–H and O–H groups in total. The van der Waals surface area contributed by atoms with Crippen LogP contribution in [-0.2, 0) is 4.74 Å². The van der Waals surface area contributed by atoms with Gasteiger partial charge in [-0.2, -0.15) is 0 Å². The van der Waals surface area contributed by atoms with E-state index in [0.29, 0.717) is 12.2 Å². The molecular formula is C13H28N2O2. The van der Waals surface area contributed by atoms with E-state index in [9.17, 15) is 5.11 Å². The number of morpholine rings is 1. The molecule has 0 amide bonds. The quantitative estimate of drug-likeness (QED) is 0.522. The fourth-order valence-corrected chi connectivity index (χ4v) is 2.34. The first-order valence-corrected chi connectivity index (χ1v) is 6.91. The number of hydrogen-bond acceptors (Lipinski definition) is 4. The molecule has 1 rings (SSSR count). The molecule has 4 nitrogen and oxygen atoms in total. The molecule has 0 radical (unpaired) electrons. The van der Waals surface area contributed by atoms with Gasteiger partial charge in [-0.1, -0.05) is 6.92 Å². The Morgan fingerprint density at radius 3 is 2.53 bits per heavy atom. The van der Waals surface area contributed by atoms with Crippen LogP contribution in [0.4, 0.5) is 0 Å². The van der Waals surface area contributed by atoms with E-state index in [1.54, 1.807) is 0 Å². The second kappa shape index (κ2) is 8.03. The molecule has 4 heteroatoms. The van der Waals surface area contributed by atoms with Gasteiger partial charge in [0.15, 0.2) is 0 Å². The monoisotopic (exact) mass is 244 g/mol. The van der Waals surface area contributed by atoms with Gasteiger partial charge in [0, 0.05) is 13.1 Å². The van der Waals surface area contributed by atoms with Crippen LogP contribution in [0, 0.1) is 0 Å². The molecule has 1 aliphatic rings. The van der Waals surface area contributed by atoms with Crippen LogP contribution in [0.15, 0.2) is 0 Å². The predicted molar refractivity (Wildman–Crippen MR) is 70.0 cm³/mol. The van der Waals surface area contributed by atoms with Crippen molar-refractivity contribution in [2.45, 2.75) is 58.5 Å². The maximum absolute atomic E-state index is 9.34. The summed E-state index contributed by atoms with van der Waals surface area (Å²) in [6, 6.07) is 0. The van der Waals surface area contributed by atoms with E-state index in [4.69, 9.17) is 4.74 Å². The molecule has 0 aromatic rings. The highest BCUT2D eigenvalue weighted by molar-refractivity contribution is 4.72. The SMILES string of the molecule is CCC(O)NCCCCN1C[C@@H](C)O[C@@H](C)C1. The van der Waals surface area contributed by atoms with E-state index in [0.717, 1.165) is 39.0 Å². The Hall–Kier alpha value is -0.160. The number of aliphatic hydroxyl groups is 1. The molecule has 0 aliphatic carbocycles. The van der Waals surface area contributed by atoms with Crippen LogP contribution in [-0.4, -0.2) is 54.6 Å². The topological polar surface area (TPSA) is 44.7 Å². The number of nitrogens with zero attached hydrogens (tertiary/aromatic N) is 1. The largest absolute Gasteiger partial charge is 0.379 e. The van der Waals surface area contributed by atoms with Crippen LogP contribution in [0.5, 0.6) is 0 Å². The molecule has 1 unspecified atom stereocenters. The Morgan fingerprint density at radius 2 is 1.94 bits per heavy atom. The van der Waals surface area contributed by atoms with Crippen LogP contribution in [0.25, 0.3) is 0 Å². The summed E-state index contributed by atoms with van der Waals surface area (Å²) >= 11 is 0. The third kappa shape index (κ3) is 6.36. The number of rotatable bonds is 7. The molecule has 1 saturated heterocycles. The minimum absolute atomic E-state index is 0.335. The van der Waals surface area contributed by atoms with E-state index in [1.165, 1.54) is 6.42 Å². The third-order valence-electron chi connectivity index (χ3n) is 3.16. The molecule has 102 valence electrons. The molecule has 1 heterocycles. The zero-order valence-electron chi connectivity index (χ0n) is 11.5. The first-order chi connectivity index (χ1) is 8.11. The highest BCUT2D eigenvalue weighted by atomic mass is 16.5. The Bertz CT molecular complexity index is 192. The molecule has 1 fully saturated rings. The van der Waals surface area contributed by atoms with Crippen molar-refractivity contribution in [2.75, 3.05) is 26.2 Å². The Kier molecular flexibility index (Phi) is 7.04. The fraction of sp³-hybridized carbons (Fsp3) is 1.00. The normalized spacial score (nSPS) is 28.2. The van der Waals surface area contributed by atoms with Gasteiger partial charge < -0.3 is 9.84 Å². The summed E-state index contributed by atoms with van der Waals surface area (Å²) in [7, 11) is 0. The number of nitrogens with one attached hydrogen (secondary N) is 1. The lowest BCUT2D eigenvalue weighted by atomic mass is 10.2. The van der Waals surface area contributed by atoms with E-state index in [1.807, 2.05) is 6.92 Å². The van der Waals surface area contributed by atoms with Gasteiger partial charge in [0.1, 0.15) is 6.23 Å². The van der Waals surface area contributed by atoms with Gasteiger partial charge in [0.05, 0.1) is 12.2 Å². The van der Waals surface area contributed by atoms with Crippen LogP contribution in [0.2, 0.25) is 0 Å². The molecule has 1 aliphatic heterocycles. The average molecular weight is 244 g/mol. The lowest BCUT2D eigenvalue weighted by Crippen LogP contribution is -2.45. The van der Waals surface area contributed by atoms with Crippen molar-refractivity contribution in [1.82, 2.24) is 10.2 Å². The summed E-state index contributed by atoms with van der Waals surface area (Å²) < 4.78 is 5.70. The van der Waals surface area contributed by atoms with Crippen molar-refractivity contribution < 1.29 is 9.84 Å². The molecule has 0 saturated carbocycles. The third-order valence-corrected chi connectivity index (χ3v) is 3.16. The van der Waals surface area contributed by atoms with Gasteiger partial charge in [0.25, 0.3) is 0 Å².